The minimum Gasteiger partial charge on any atom is -0.343 e. The van der Waals surface area contributed by atoms with Gasteiger partial charge in [0.15, 0.2) is 0 Å². The average Bonchev–Trinajstić information content (AvgIpc) is 3.33. The van der Waals surface area contributed by atoms with Crippen LogP contribution >= 0.6 is 11.3 Å². The number of nitrogens with zero attached hydrogens (tertiary/aromatic N) is 2. The second-order valence-corrected chi connectivity index (χ2v) is 7.87. The maximum absolute atomic E-state index is 13.1. The van der Waals surface area contributed by atoms with E-state index in [0.29, 0.717) is 5.69 Å². The van der Waals surface area contributed by atoms with Gasteiger partial charge in [0, 0.05) is 6.07 Å². The lowest BCUT2D eigenvalue weighted by molar-refractivity contribution is -0.124. The third-order valence-electron chi connectivity index (χ3n) is 4.90. The smallest absolute Gasteiger partial charge is 0.267 e. The van der Waals surface area contributed by atoms with Crippen LogP contribution in [0.4, 0.5) is 0 Å². The Morgan fingerprint density at radius 1 is 0.900 bits per heavy atom. The van der Waals surface area contributed by atoms with Crippen molar-refractivity contribution in [1.82, 2.24) is 15.1 Å². The highest BCUT2D eigenvalue weighted by atomic mass is 32.1. The van der Waals surface area contributed by atoms with Gasteiger partial charge in [0.1, 0.15) is 11.7 Å². The molecule has 0 bridgehead atoms. The highest BCUT2D eigenvalue weighted by molar-refractivity contribution is 7.13. The van der Waals surface area contributed by atoms with E-state index in [4.69, 9.17) is 0 Å². The maximum atomic E-state index is 13.1. The van der Waals surface area contributed by atoms with Crippen molar-refractivity contribution in [3.05, 3.63) is 112 Å². The first kappa shape index (κ1) is 19.8. The van der Waals surface area contributed by atoms with E-state index in [1.165, 1.54) is 22.1 Å². The van der Waals surface area contributed by atoms with Crippen molar-refractivity contribution in [1.29, 1.82) is 0 Å². The summed E-state index contributed by atoms with van der Waals surface area (Å²) in [6, 6.07) is 25.5. The van der Waals surface area contributed by atoms with E-state index in [-0.39, 0.29) is 17.5 Å². The quantitative estimate of drug-likeness (QED) is 0.506. The molecule has 2 heterocycles. The number of benzene rings is 2. The number of thiophene rings is 1. The summed E-state index contributed by atoms with van der Waals surface area (Å²) >= 11 is 1.54. The molecular weight excluding hydrogens is 394 g/mol. The molecule has 4 aromatic rings. The van der Waals surface area contributed by atoms with Crippen LogP contribution in [0.3, 0.4) is 0 Å². The maximum Gasteiger partial charge on any atom is 0.267 e. The van der Waals surface area contributed by atoms with E-state index in [1.54, 1.807) is 13.0 Å². The average molecular weight is 416 g/mol. The lowest BCUT2D eigenvalue weighted by Gasteiger charge is -2.22. The highest BCUT2D eigenvalue weighted by Gasteiger charge is 2.23. The van der Waals surface area contributed by atoms with E-state index in [2.05, 4.69) is 10.4 Å². The van der Waals surface area contributed by atoms with Gasteiger partial charge in [-0.3, -0.25) is 9.59 Å². The zero-order valence-corrected chi connectivity index (χ0v) is 17.3. The Labute approximate surface area is 178 Å². The zero-order valence-electron chi connectivity index (χ0n) is 16.4. The summed E-state index contributed by atoms with van der Waals surface area (Å²) in [4.78, 5) is 26.5. The van der Waals surface area contributed by atoms with Gasteiger partial charge in [0.25, 0.3) is 5.56 Å². The molecule has 0 saturated carbocycles. The summed E-state index contributed by atoms with van der Waals surface area (Å²) in [6.07, 6.45) is 0. The van der Waals surface area contributed by atoms with Gasteiger partial charge in [-0.1, -0.05) is 66.7 Å². The molecule has 6 heteroatoms. The van der Waals surface area contributed by atoms with Crippen LogP contribution in [0.25, 0.3) is 10.6 Å². The summed E-state index contributed by atoms with van der Waals surface area (Å²) in [5.74, 6) is -0.273. The van der Waals surface area contributed by atoms with Crippen molar-refractivity contribution in [2.24, 2.45) is 0 Å². The minimum absolute atomic E-state index is 0.273. The summed E-state index contributed by atoms with van der Waals surface area (Å²) in [7, 11) is 0. The van der Waals surface area contributed by atoms with Gasteiger partial charge in [0.2, 0.25) is 5.91 Å². The standard InChI is InChI=1S/C24H21N3O2S/c1-17(27-22(28)15-14-20(26-27)21-13-8-16-30-21)24(29)25-23(18-9-4-2-5-10-18)19-11-6-3-7-12-19/h2-17,23H,1H3,(H,25,29). The molecule has 1 amide bonds. The summed E-state index contributed by atoms with van der Waals surface area (Å²) in [5.41, 5.74) is 2.30. The molecule has 0 aliphatic rings. The van der Waals surface area contributed by atoms with E-state index in [0.717, 1.165) is 16.0 Å². The molecule has 0 fully saturated rings. The van der Waals surface area contributed by atoms with E-state index >= 15 is 0 Å². The molecular formula is C24H21N3O2S. The fourth-order valence-corrected chi connectivity index (χ4v) is 3.97. The van der Waals surface area contributed by atoms with Crippen LogP contribution in [-0.2, 0) is 4.79 Å². The zero-order chi connectivity index (χ0) is 20.9. The molecule has 30 heavy (non-hydrogen) atoms. The van der Waals surface area contributed by atoms with Gasteiger partial charge in [-0.15, -0.1) is 11.3 Å². The number of amides is 1. The molecule has 150 valence electrons. The lowest BCUT2D eigenvalue weighted by atomic mass is 9.98. The first-order valence-electron chi connectivity index (χ1n) is 9.67. The van der Waals surface area contributed by atoms with Gasteiger partial charge in [-0.25, -0.2) is 4.68 Å². The van der Waals surface area contributed by atoms with Crippen LogP contribution in [0.5, 0.6) is 0 Å². The Morgan fingerprint density at radius 2 is 1.53 bits per heavy atom. The molecule has 1 N–H and O–H groups in total. The molecule has 1 atom stereocenters. The monoisotopic (exact) mass is 415 g/mol. The van der Waals surface area contributed by atoms with Crippen LogP contribution in [0.1, 0.15) is 30.1 Å². The summed E-state index contributed by atoms with van der Waals surface area (Å²) < 4.78 is 1.25. The van der Waals surface area contributed by atoms with Crippen molar-refractivity contribution in [3.8, 4) is 10.6 Å². The Kier molecular flexibility index (Phi) is 5.86. The molecule has 5 nitrogen and oxygen atoms in total. The molecule has 0 saturated heterocycles. The third-order valence-corrected chi connectivity index (χ3v) is 5.79. The van der Waals surface area contributed by atoms with E-state index in [9.17, 15) is 9.59 Å². The molecule has 0 radical (unpaired) electrons. The minimum atomic E-state index is -0.757. The van der Waals surface area contributed by atoms with Crippen LogP contribution in [-0.4, -0.2) is 15.7 Å². The Hall–Kier alpha value is -3.51. The molecule has 4 rings (SSSR count). The number of nitrogens with one attached hydrogen (secondary N) is 1. The van der Waals surface area contributed by atoms with E-state index < -0.39 is 6.04 Å². The number of carbonyl (C=O) groups is 1. The van der Waals surface area contributed by atoms with Crippen molar-refractivity contribution in [2.75, 3.05) is 0 Å². The first-order chi connectivity index (χ1) is 14.6. The molecule has 2 aromatic carbocycles. The van der Waals surface area contributed by atoms with Gasteiger partial charge in [-0.05, 0) is 35.6 Å². The van der Waals surface area contributed by atoms with Crippen molar-refractivity contribution in [2.45, 2.75) is 19.0 Å². The number of hydrogen-bond donors (Lipinski definition) is 1. The van der Waals surface area contributed by atoms with Crippen LogP contribution in [0.15, 0.2) is 95.1 Å². The van der Waals surface area contributed by atoms with Gasteiger partial charge in [-0.2, -0.15) is 5.10 Å². The molecule has 0 aliphatic carbocycles. The van der Waals surface area contributed by atoms with Gasteiger partial charge < -0.3 is 5.32 Å². The third kappa shape index (κ3) is 4.23. The Morgan fingerprint density at radius 3 is 2.10 bits per heavy atom. The number of carbonyl (C=O) groups excluding carboxylic acids is 1. The number of hydrogen-bond acceptors (Lipinski definition) is 4. The van der Waals surface area contributed by atoms with Crippen molar-refractivity contribution in [3.63, 3.8) is 0 Å². The Bertz CT molecular complexity index is 1130. The summed E-state index contributed by atoms with van der Waals surface area (Å²) in [5, 5.41) is 9.49. The predicted octanol–water partition coefficient (Wildman–Crippen LogP) is 4.44. The second-order valence-electron chi connectivity index (χ2n) is 6.92. The largest absolute Gasteiger partial charge is 0.343 e. The topological polar surface area (TPSA) is 64.0 Å². The second kappa shape index (κ2) is 8.88. The van der Waals surface area contributed by atoms with E-state index in [1.807, 2.05) is 78.2 Å². The molecule has 2 aromatic heterocycles. The highest BCUT2D eigenvalue weighted by Crippen LogP contribution is 2.24. The SMILES string of the molecule is CC(C(=O)NC(c1ccccc1)c1ccccc1)n1nc(-c2cccs2)ccc1=O. The van der Waals surface area contributed by atoms with Gasteiger partial charge >= 0.3 is 0 Å². The fraction of sp³-hybridized carbons (Fsp3) is 0.125. The summed E-state index contributed by atoms with van der Waals surface area (Å²) in [6.45, 7) is 1.69. The number of aromatic nitrogens is 2. The fourth-order valence-electron chi connectivity index (χ4n) is 3.28. The Balaban J connectivity index is 1.63. The first-order valence-corrected chi connectivity index (χ1v) is 10.6. The van der Waals surface area contributed by atoms with Crippen molar-refractivity contribution < 1.29 is 4.79 Å². The molecule has 0 spiro atoms. The van der Waals surface area contributed by atoms with Crippen molar-refractivity contribution >= 4 is 17.2 Å². The van der Waals surface area contributed by atoms with Gasteiger partial charge in [0.05, 0.1) is 10.9 Å². The number of rotatable bonds is 6. The lowest BCUT2D eigenvalue weighted by Crippen LogP contribution is -2.39. The normalized spacial score (nSPS) is 11.9. The predicted molar refractivity (Wildman–Crippen MR) is 119 cm³/mol. The van der Waals surface area contributed by atoms with Crippen LogP contribution < -0.4 is 10.9 Å². The molecule has 0 aliphatic heterocycles. The van der Waals surface area contributed by atoms with Crippen LogP contribution in [0.2, 0.25) is 0 Å². The molecule has 1 unspecified atom stereocenters. The van der Waals surface area contributed by atoms with Crippen LogP contribution in [0, 0.1) is 0 Å².